The zero-order valence-electron chi connectivity index (χ0n) is 20.8. The van der Waals surface area contributed by atoms with Crippen molar-refractivity contribution in [3.8, 4) is 0 Å². The van der Waals surface area contributed by atoms with Gasteiger partial charge in [0.2, 0.25) is 11.8 Å². The SMILES string of the molecule is CC[C@@H](C)NC(=O)[C@@H](Cc1ccccc1)N(Cc1ccc(C)cc1)C(=O)CCc1ccccc1Cl. The number of hydrogen-bond donors (Lipinski definition) is 1. The lowest BCUT2D eigenvalue weighted by atomic mass is 10.0. The number of nitrogens with one attached hydrogen (secondary N) is 1. The molecule has 2 amide bonds. The molecule has 0 unspecified atom stereocenters. The lowest BCUT2D eigenvalue weighted by molar-refractivity contribution is -0.141. The van der Waals surface area contributed by atoms with Crippen LogP contribution in [-0.2, 0) is 29.0 Å². The van der Waals surface area contributed by atoms with Crippen LogP contribution in [0.25, 0.3) is 0 Å². The van der Waals surface area contributed by atoms with Crippen LogP contribution in [0.4, 0.5) is 0 Å². The first-order valence-electron chi connectivity index (χ1n) is 12.3. The first-order valence-corrected chi connectivity index (χ1v) is 12.7. The van der Waals surface area contributed by atoms with E-state index in [1.807, 2.05) is 99.6 Å². The predicted molar refractivity (Wildman–Crippen MR) is 143 cm³/mol. The molecule has 0 heterocycles. The number of carbonyl (C=O) groups excluding carboxylic acids is 2. The van der Waals surface area contributed by atoms with Crippen molar-refractivity contribution in [3.63, 3.8) is 0 Å². The Kier molecular flexibility index (Phi) is 9.92. The largest absolute Gasteiger partial charge is 0.352 e. The Bertz CT molecular complexity index is 1100. The Morgan fingerprint density at radius 2 is 1.57 bits per heavy atom. The van der Waals surface area contributed by atoms with E-state index in [4.69, 9.17) is 11.6 Å². The summed E-state index contributed by atoms with van der Waals surface area (Å²) in [7, 11) is 0. The van der Waals surface area contributed by atoms with Crippen LogP contribution in [0.15, 0.2) is 78.9 Å². The van der Waals surface area contributed by atoms with Gasteiger partial charge < -0.3 is 10.2 Å². The van der Waals surface area contributed by atoms with Crippen molar-refractivity contribution in [2.45, 2.75) is 65.1 Å². The number of hydrogen-bond acceptors (Lipinski definition) is 2. The average molecular weight is 491 g/mol. The third-order valence-corrected chi connectivity index (χ3v) is 6.68. The Morgan fingerprint density at radius 1 is 0.914 bits per heavy atom. The van der Waals surface area contributed by atoms with Crippen molar-refractivity contribution in [2.75, 3.05) is 0 Å². The molecule has 5 heteroatoms. The van der Waals surface area contributed by atoms with Crippen molar-refractivity contribution >= 4 is 23.4 Å². The summed E-state index contributed by atoms with van der Waals surface area (Å²) in [4.78, 5) is 28.9. The molecule has 0 bridgehead atoms. The third-order valence-electron chi connectivity index (χ3n) is 6.31. The number of halogens is 1. The summed E-state index contributed by atoms with van der Waals surface area (Å²) in [6, 6.07) is 25.0. The fraction of sp³-hybridized carbons (Fsp3) is 0.333. The normalized spacial score (nSPS) is 12.6. The number of carbonyl (C=O) groups is 2. The maximum atomic E-state index is 13.7. The van der Waals surface area contributed by atoms with Gasteiger partial charge in [-0.3, -0.25) is 9.59 Å². The van der Waals surface area contributed by atoms with E-state index >= 15 is 0 Å². The minimum atomic E-state index is -0.619. The molecular weight excluding hydrogens is 456 g/mol. The molecule has 35 heavy (non-hydrogen) atoms. The molecule has 0 radical (unpaired) electrons. The first kappa shape index (κ1) is 26.5. The van der Waals surface area contributed by atoms with Gasteiger partial charge in [0, 0.05) is 30.5 Å². The van der Waals surface area contributed by atoms with E-state index in [1.165, 1.54) is 0 Å². The van der Waals surface area contributed by atoms with E-state index in [-0.39, 0.29) is 24.3 Å². The van der Waals surface area contributed by atoms with Crippen LogP contribution in [0, 0.1) is 6.92 Å². The van der Waals surface area contributed by atoms with Crippen LogP contribution in [-0.4, -0.2) is 28.8 Å². The monoisotopic (exact) mass is 490 g/mol. The van der Waals surface area contributed by atoms with E-state index in [9.17, 15) is 9.59 Å². The summed E-state index contributed by atoms with van der Waals surface area (Å²) in [5, 5.41) is 3.76. The van der Waals surface area contributed by atoms with Crippen LogP contribution in [0.5, 0.6) is 0 Å². The highest BCUT2D eigenvalue weighted by molar-refractivity contribution is 6.31. The van der Waals surface area contributed by atoms with E-state index < -0.39 is 6.04 Å². The topological polar surface area (TPSA) is 49.4 Å². The standard InChI is InChI=1S/C30H35ClN2O2/c1-4-23(3)32-30(35)28(20-24-10-6-5-7-11-24)33(21-25-16-14-22(2)15-17-25)29(34)19-18-26-12-8-9-13-27(26)31/h5-17,23,28H,4,18-21H2,1-3H3,(H,32,35)/t23-,28-/m1/s1. The molecule has 3 aromatic carbocycles. The molecule has 3 rings (SSSR count). The molecule has 0 aliphatic heterocycles. The molecule has 1 N–H and O–H groups in total. The number of benzene rings is 3. The van der Waals surface area contributed by atoms with E-state index in [0.717, 1.165) is 28.7 Å². The van der Waals surface area contributed by atoms with Gasteiger partial charge in [-0.25, -0.2) is 0 Å². The molecule has 0 spiro atoms. The highest BCUT2D eigenvalue weighted by Gasteiger charge is 2.30. The molecule has 2 atom stereocenters. The lowest BCUT2D eigenvalue weighted by Gasteiger charge is -2.32. The Balaban J connectivity index is 1.91. The second kappa shape index (κ2) is 13.1. The zero-order valence-corrected chi connectivity index (χ0v) is 21.6. The summed E-state index contributed by atoms with van der Waals surface area (Å²) in [6.07, 6.45) is 2.07. The van der Waals surface area contributed by atoms with E-state index in [1.54, 1.807) is 4.90 Å². The Hall–Kier alpha value is -3.11. The van der Waals surface area contributed by atoms with Gasteiger partial charge in [-0.1, -0.05) is 96.9 Å². The van der Waals surface area contributed by atoms with Crippen molar-refractivity contribution < 1.29 is 9.59 Å². The molecule has 4 nitrogen and oxygen atoms in total. The van der Waals surface area contributed by atoms with E-state index in [2.05, 4.69) is 5.32 Å². The molecule has 0 saturated carbocycles. The minimum Gasteiger partial charge on any atom is -0.352 e. The van der Waals surface area contributed by atoms with Crippen LogP contribution in [0.1, 0.15) is 48.9 Å². The molecule has 0 saturated heterocycles. The predicted octanol–water partition coefficient (Wildman–Crippen LogP) is 6.14. The third kappa shape index (κ3) is 7.97. The Morgan fingerprint density at radius 3 is 2.23 bits per heavy atom. The minimum absolute atomic E-state index is 0.0280. The second-order valence-corrected chi connectivity index (χ2v) is 9.53. The van der Waals surface area contributed by atoms with Gasteiger partial charge in [0.15, 0.2) is 0 Å². The highest BCUT2D eigenvalue weighted by atomic mass is 35.5. The van der Waals surface area contributed by atoms with Crippen LogP contribution >= 0.6 is 11.6 Å². The smallest absolute Gasteiger partial charge is 0.243 e. The molecule has 184 valence electrons. The Labute approximate surface area is 214 Å². The summed E-state index contributed by atoms with van der Waals surface area (Å²) in [6.45, 7) is 6.43. The van der Waals surface area contributed by atoms with Gasteiger partial charge in [-0.2, -0.15) is 0 Å². The number of rotatable bonds is 11. The van der Waals surface area contributed by atoms with Gasteiger partial charge in [-0.05, 0) is 49.4 Å². The fourth-order valence-electron chi connectivity index (χ4n) is 3.97. The van der Waals surface area contributed by atoms with Gasteiger partial charge in [0.05, 0.1) is 0 Å². The van der Waals surface area contributed by atoms with Crippen molar-refractivity contribution in [1.29, 1.82) is 0 Å². The van der Waals surface area contributed by atoms with E-state index in [0.29, 0.717) is 24.4 Å². The number of aryl methyl sites for hydroxylation is 2. The molecule has 0 aromatic heterocycles. The summed E-state index contributed by atoms with van der Waals surface area (Å²) in [5.41, 5.74) is 4.10. The highest BCUT2D eigenvalue weighted by Crippen LogP contribution is 2.20. The first-order chi connectivity index (χ1) is 16.9. The van der Waals surface area contributed by atoms with Gasteiger partial charge in [0.1, 0.15) is 6.04 Å². The molecule has 0 aliphatic rings. The van der Waals surface area contributed by atoms with Crippen molar-refractivity contribution in [3.05, 3.63) is 106 Å². The van der Waals surface area contributed by atoms with Crippen LogP contribution in [0.2, 0.25) is 5.02 Å². The lowest BCUT2D eigenvalue weighted by Crippen LogP contribution is -2.52. The number of amides is 2. The zero-order chi connectivity index (χ0) is 25.2. The average Bonchev–Trinajstić information content (AvgIpc) is 2.87. The van der Waals surface area contributed by atoms with Gasteiger partial charge >= 0.3 is 0 Å². The number of nitrogens with zero attached hydrogens (tertiary/aromatic N) is 1. The summed E-state index contributed by atoms with van der Waals surface area (Å²) < 4.78 is 0. The van der Waals surface area contributed by atoms with Crippen molar-refractivity contribution in [1.82, 2.24) is 10.2 Å². The molecular formula is C30H35ClN2O2. The summed E-state index contributed by atoms with van der Waals surface area (Å²) in [5.74, 6) is -0.188. The van der Waals surface area contributed by atoms with Crippen LogP contribution < -0.4 is 5.32 Å². The molecule has 0 aliphatic carbocycles. The van der Waals surface area contributed by atoms with Gasteiger partial charge in [-0.15, -0.1) is 0 Å². The fourth-order valence-corrected chi connectivity index (χ4v) is 4.20. The maximum absolute atomic E-state index is 13.7. The molecule has 3 aromatic rings. The summed E-state index contributed by atoms with van der Waals surface area (Å²) >= 11 is 6.34. The van der Waals surface area contributed by atoms with Crippen LogP contribution in [0.3, 0.4) is 0 Å². The van der Waals surface area contributed by atoms with Crippen molar-refractivity contribution in [2.24, 2.45) is 0 Å². The van der Waals surface area contributed by atoms with Gasteiger partial charge in [0.25, 0.3) is 0 Å². The molecule has 0 fully saturated rings. The maximum Gasteiger partial charge on any atom is 0.243 e. The second-order valence-electron chi connectivity index (χ2n) is 9.12. The quantitative estimate of drug-likeness (QED) is 0.351.